The molecule has 0 fully saturated rings. The number of nitrogens with one attached hydrogen (secondary N) is 1. The van der Waals surface area contributed by atoms with Gasteiger partial charge < -0.3 is 0 Å². The zero-order valence-corrected chi connectivity index (χ0v) is 17.0. The van der Waals surface area contributed by atoms with Gasteiger partial charge in [-0.2, -0.15) is 0 Å². The number of thiophene rings is 1. The highest BCUT2D eigenvalue weighted by Gasteiger charge is 2.20. The summed E-state index contributed by atoms with van der Waals surface area (Å²) < 4.78 is 0. The summed E-state index contributed by atoms with van der Waals surface area (Å²) in [7, 11) is 0. The number of nitrogens with zero attached hydrogens (tertiary/aromatic N) is 1. The first-order valence-corrected chi connectivity index (χ1v) is 10.8. The molecule has 0 unspecified atom stereocenters. The van der Waals surface area contributed by atoms with Crippen molar-refractivity contribution in [2.45, 2.75) is 32.1 Å². The van der Waals surface area contributed by atoms with Crippen LogP contribution < -0.4 is 5.32 Å². The number of thiazole rings is 1. The van der Waals surface area contributed by atoms with Crippen molar-refractivity contribution in [2.75, 3.05) is 5.32 Å². The Balaban J connectivity index is 1.47. The van der Waals surface area contributed by atoms with Gasteiger partial charge in [-0.05, 0) is 55.0 Å². The molecule has 2 heterocycles. The molecular formula is C19H16Cl2N2OS2. The second-order valence-electron chi connectivity index (χ2n) is 6.26. The predicted octanol–water partition coefficient (Wildman–Crippen LogP) is 6.23. The standard InChI is InChI=1S/C19H16Cl2N2OS2/c20-12-5-6-16(21)11(7-12)8-13-9-22-19(26-13)23-18(24)15-10-25-17-4-2-1-3-14(15)17/h5-7,9-10H,1-4,8H2,(H,22,23,24). The molecular weight excluding hydrogens is 407 g/mol. The van der Waals surface area contributed by atoms with Gasteiger partial charge in [-0.3, -0.25) is 10.1 Å². The molecule has 1 N–H and O–H groups in total. The minimum Gasteiger partial charge on any atom is -0.298 e. The van der Waals surface area contributed by atoms with Gasteiger partial charge in [0.25, 0.3) is 5.91 Å². The lowest BCUT2D eigenvalue weighted by Crippen LogP contribution is -2.14. The summed E-state index contributed by atoms with van der Waals surface area (Å²) in [5.74, 6) is -0.0638. The molecule has 7 heteroatoms. The molecule has 26 heavy (non-hydrogen) atoms. The van der Waals surface area contributed by atoms with E-state index >= 15 is 0 Å². The van der Waals surface area contributed by atoms with E-state index in [0.717, 1.165) is 35.3 Å². The maximum atomic E-state index is 12.6. The smallest absolute Gasteiger partial charge is 0.258 e. The number of anilines is 1. The zero-order chi connectivity index (χ0) is 18.1. The van der Waals surface area contributed by atoms with E-state index in [1.54, 1.807) is 29.7 Å². The first-order valence-electron chi connectivity index (χ1n) is 8.39. The fourth-order valence-corrected chi connectivity index (χ4v) is 5.50. The van der Waals surface area contributed by atoms with Crippen LogP contribution in [0.1, 0.15) is 44.1 Å². The summed E-state index contributed by atoms with van der Waals surface area (Å²) in [4.78, 5) is 19.4. The molecule has 0 saturated heterocycles. The summed E-state index contributed by atoms with van der Waals surface area (Å²) >= 11 is 15.4. The van der Waals surface area contributed by atoms with E-state index in [0.29, 0.717) is 21.6 Å². The quantitative estimate of drug-likeness (QED) is 0.540. The van der Waals surface area contributed by atoms with Crippen LogP contribution in [0, 0.1) is 0 Å². The largest absolute Gasteiger partial charge is 0.298 e. The zero-order valence-electron chi connectivity index (χ0n) is 13.9. The maximum absolute atomic E-state index is 12.6. The molecule has 0 atom stereocenters. The molecule has 3 aromatic rings. The summed E-state index contributed by atoms with van der Waals surface area (Å²) in [6.07, 6.45) is 6.89. The van der Waals surface area contributed by atoms with Crippen molar-refractivity contribution in [3.63, 3.8) is 0 Å². The number of halogens is 2. The molecule has 0 saturated carbocycles. The lowest BCUT2D eigenvalue weighted by Gasteiger charge is -2.12. The SMILES string of the molecule is O=C(Nc1ncc(Cc2cc(Cl)ccc2Cl)s1)c1csc2c1CCCC2. The van der Waals surface area contributed by atoms with Crippen molar-refractivity contribution >= 4 is 56.9 Å². The Kier molecular flexibility index (Phi) is 5.32. The lowest BCUT2D eigenvalue weighted by molar-refractivity contribution is 0.102. The minimum atomic E-state index is -0.0638. The summed E-state index contributed by atoms with van der Waals surface area (Å²) in [5.41, 5.74) is 2.98. The van der Waals surface area contributed by atoms with Gasteiger partial charge in [-0.25, -0.2) is 4.98 Å². The Morgan fingerprint density at radius 2 is 2.08 bits per heavy atom. The Hall–Kier alpha value is -1.40. The van der Waals surface area contributed by atoms with E-state index < -0.39 is 0 Å². The number of amides is 1. The van der Waals surface area contributed by atoms with Gasteiger partial charge in [0.1, 0.15) is 0 Å². The molecule has 1 aliphatic rings. The van der Waals surface area contributed by atoms with Crippen LogP contribution in [0.25, 0.3) is 0 Å². The first kappa shape index (κ1) is 18.0. The van der Waals surface area contributed by atoms with Crippen molar-refractivity contribution < 1.29 is 4.79 Å². The third kappa shape index (κ3) is 3.81. The van der Waals surface area contributed by atoms with E-state index in [-0.39, 0.29) is 5.91 Å². The maximum Gasteiger partial charge on any atom is 0.258 e. The Morgan fingerprint density at radius 1 is 1.23 bits per heavy atom. The van der Waals surface area contributed by atoms with Crippen molar-refractivity contribution in [3.8, 4) is 0 Å². The molecule has 0 bridgehead atoms. The highest BCUT2D eigenvalue weighted by molar-refractivity contribution is 7.15. The molecule has 134 valence electrons. The van der Waals surface area contributed by atoms with Crippen LogP contribution >= 0.6 is 45.9 Å². The highest BCUT2D eigenvalue weighted by Crippen LogP contribution is 2.31. The van der Waals surface area contributed by atoms with E-state index in [2.05, 4.69) is 10.3 Å². The monoisotopic (exact) mass is 422 g/mol. The number of hydrogen-bond donors (Lipinski definition) is 1. The number of benzene rings is 1. The Morgan fingerprint density at radius 3 is 2.96 bits per heavy atom. The molecule has 0 spiro atoms. The van der Waals surface area contributed by atoms with E-state index in [1.807, 2.05) is 11.4 Å². The third-order valence-electron chi connectivity index (χ3n) is 4.45. The van der Waals surface area contributed by atoms with Crippen LogP contribution in [0.3, 0.4) is 0 Å². The predicted molar refractivity (Wildman–Crippen MR) is 110 cm³/mol. The minimum absolute atomic E-state index is 0.0638. The van der Waals surface area contributed by atoms with Crippen molar-refractivity contribution in [1.82, 2.24) is 4.98 Å². The number of rotatable bonds is 4. The molecule has 0 radical (unpaired) electrons. The van der Waals surface area contributed by atoms with Crippen molar-refractivity contribution in [1.29, 1.82) is 0 Å². The molecule has 4 rings (SSSR count). The number of aryl methyl sites for hydroxylation is 1. The summed E-state index contributed by atoms with van der Waals surface area (Å²) in [6.45, 7) is 0. The fourth-order valence-electron chi connectivity index (χ4n) is 3.16. The lowest BCUT2D eigenvalue weighted by atomic mass is 9.96. The molecule has 2 aromatic heterocycles. The van der Waals surface area contributed by atoms with Crippen LogP contribution in [0.4, 0.5) is 5.13 Å². The van der Waals surface area contributed by atoms with Gasteiger partial charge in [0.2, 0.25) is 0 Å². The number of carbonyl (C=O) groups is 1. The topological polar surface area (TPSA) is 42.0 Å². The van der Waals surface area contributed by atoms with Gasteiger partial charge in [0, 0.05) is 37.8 Å². The van der Waals surface area contributed by atoms with E-state index in [1.165, 1.54) is 28.2 Å². The highest BCUT2D eigenvalue weighted by atomic mass is 35.5. The van der Waals surface area contributed by atoms with Crippen molar-refractivity contribution in [3.05, 3.63) is 66.3 Å². The van der Waals surface area contributed by atoms with Gasteiger partial charge in [0.15, 0.2) is 5.13 Å². The molecule has 0 aliphatic heterocycles. The Labute approximate surface area is 170 Å². The normalized spacial score (nSPS) is 13.5. The number of hydrogen-bond acceptors (Lipinski definition) is 4. The second kappa shape index (κ2) is 7.69. The van der Waals surface area contributed by atoms with E-state index in [9.17, 15) is 4.79 Å². The van der Waals surface area contributed by atoms with Crippen LogP contribution in [-0.2, 0) is 19.3 Å². The number of aromatic nitrogens is 1. The molecule has 3 nitrogen and oxygen atoms in total. The summed E-state index contributed by atoms with van der Waals surface area (Å²) in [6, 6.07) is 5.43. The van der Waals surface area contributed by atoms with Crippen LogP contribution in [0.2, 0.25) is 10.0 Å². The second-order valence-corrected chi connectivity index (χ2v) is 9.18. The molecule has 1 aromatic carbocycles. The van der Waals surface area contributed by atoms with Crippen LogP contribution in [-0.4, -0.2) is 10.9 Å². The summed E-state index contributed by atoms with van der Waals surface area (Å²) in [5, 5.41) is 6.87. The molecule has 1 amide bonds. The van der Waals surface area contributed by atoms with Gasteiger partial charge in [-0.15, -0.1) is 22.7 Å². The van der Waals surface area contributed by atoms with Crippen molar-refractivity contribution in [2.24, 2.45) is 0 Å². The third-order valence-corrected chi connectivity index (χ3v) is 7.06. The number of carbonyl (C=O) groups excluding carboxylic acids is 1. The van der Waals surface area contributed by atoms with Gasteiger partial charge >= 0.3 is 0 Å². The van der Waals surface area contributed by atoms with Gasteiger partial charge in [0.05, 0.1) is 5.56 Å². The van der Waals surface area contributed by atoms with Crippen LogP contribution in [0.15, 0.2) is 29.8 Å². The Bertz CT molecular complexity index is 964. The fraction of sp³-hybridized carbons (Fsp3) is 0.263. The van der Waals surface area contributed by atoms with Gasteiger partial charge in [-0.1, -0.05) is 23.2 Å². The average Bonchev–Trinajstić information content (AvgIpc) is 3.25. The number of fused-ring (bicyclic) bond motifs is 1. The van der Waals surface area contributed by atoms with Crippen LogP contribution in [0.5, 0.6) is 0 Å². The average molecular weight is 423 g/mol. The molecule has 1 aliphatic carbocycles. The first-order chi connectivity index (χ1) is 12.6. The van der Waals surface area contributed by atoms with E-state index in [4.69, 9.17) is 23.2 Å².